The van der Waals surface area contributed by atoms with Crippen molar-refractivity contribution in [1.29, 1.82) is 0 Å². The summed E-state index contributed by atoms with van der Waals surface area (Å²) in [6.45, 7) is 4.46. The third kappa shape index (κ3) is 4.32. The number of amides is 1. The molecule has 5 nitrogen and oxygen atoms in total. The van der Waals surface area contributed by atoms with Gasteiger partial charge in [0.15, 0.2) is 0 Å². The van der Waals surface area contributed by atoms with Crippen molar-refractivity contribution in [2.45, 2.75) is 32.9 Å². The van der Waals surface area contributed by atoms with Crippen molar-refractivity contribution in [3.63, 3.8) is 0 Å². The number of hydrogen-bond donors (Lipinski definition) is 2. The summed E-state index contributed by atoms with van der Waals surface area (Å²) >= 11 is 0. The van der Waals surface area contributed by atoms with E-state index in [9.17, 15) is 4.79 Å². The minimum atomic E-state index is -0.466. The SMILES string of the molecule is CCC(C)C(N)C(=O)NCc1ccccc1-n1cccn1.Cl. The van der Waals surface area contributed by atoms with Crippen LogP contribution in [0.25, 0.3) is 5.69 Å². The lowest BCUT2D eigenvalue weighted by Crippen LogP contribution is -2.44. The van der Waals surface area contributed by atoms with Crippen molar-refractivity contribution >= 4 is 18.3 Å². The van der Waals surface area contributed by atoms with Crippen LogP contribution in [-0.4, -0.2) is 21.7 Å². The average Bonchev–Trinajstić information content (AvgIpc) is 3.05. The summed E-state index contributed by atoms with van der Waals surface area (Å²) < 4.78 is 1.79. The fourth-order valence-corrected chi connectivity index (χ4v) is 2.11. The highest BCUT2D eigenvalue weighted by atomic mass is 35.5. The summed E-state index contributed by atoms with van der Waals surface area (Å²) in [5.41, 5.74) is 7.90. The first-order chi connectivity index (χ1) is 10.1. The van der Waals surface area contributed by atoms with E-state index in [1.165, 1.54) is 0 Å². The number of nitrogens with zero attached hydrogens (tertiary/aromatic N) is 2. The summed E-state index contributed by atoms with van der Waals surface area (Å²) in [4.78, 5) is 12.1. The van der Waals surface area contributed by atoms with Gasteiger partial charge in [-0.3, -0.25) is 4.79 Å². The van der Waals surface area contributed by atoms with Gasteiger partial charge in [0, 0.05) is 18.9 Å². The lowest BCUT2D eigenvalue weighted by atomic mass is 9.99. The van der Waals surface area contributed by atoms with Crippen LogP contribution in [0.1, 0.15) is 25.8 Å². The molecular weight excluding hydrogens is 300 g/mol. The number of carbonyl (C=O) groups excluding carboxylic acids is 1. The Bertz CT molecular complexity index is 586. The number of rotatable bonds is 6. The third-order valence-electron chi connectivity index (χ3n) is 3.76. The van der Waals surface area contributed by atoms with Gasteiger partial charge < -0.3 is 11.1 Å². The number of halogens is 1. The highest BCUT2D eigenvalue weighted by molar-refractivity contribution is 5.85. The van der Waals surface area contributed by atoms with Crippen molar-refractivity contribution in [3.05, 3.63) is 48.3 Å². The minimum absolute atomic E-state index is 0. The van der Waals surface area contributed by atoms with Crippen molar-refractivity contribution in [3.8, 4) is 5.69 Å². The first-order valence-corrected chi connectivity index (χ1v) is 7.24. The molecule has 2 atom stereocenters. The molecule has 2 unspecified atom stereocenters. The second kappa shape index (κ2) is 8.56. The number of nitrogens with two attached hydrogens (primary N) is 1. The predicted molar refractivity (Wildman–Crippen MR) is 90.1 cm³/mol. The Morgan fingerprint density at radius 1 is 1.36 bits per heavy atom. The van der Waals surface area contributed by atoms with Crippen LogP contribution in [0.4, 0.5) is 0 Å². The molecule has 0 aliphatic heterocycles. The van der Waals surface area contributed by atoms with Crippen molar-refractivity contribution in [2.24, 2.45) is 11.7 Å². The van der Waals surface area contributed by atoms with Crippen molar-refractivity contribution in [1.82, 2.24) is 15.1 Å². The van der Waals surface area contributed by atoms with Crippen molar-refractivity contribution in [2.75, 3.05) is 0 Å². The van der Waals surface area contributed by atoms with Crippen molar-refractivity contribution < 1.29 is 4.79 Å². The zero-order valence-electron chi connectivity index (χ0n) is 12.9. The van der Waals surface area contributed by atoms with Gasteiger partial charge in [0.25, 0.3) is 0 Å². The molecule has 1 heterocycles. The van der Waals surface area contributed by atoms with Gasteiger partial charge in [-0.25, -0.2) is 4.68 Å². The van der Waals surface area contributed by atoms with Gasteiger partial charge >= 0.3 is 0 Å². The topological polar surface area (TPSA) is 72.9 Å². The quantitative estimate of drug-likeness (QED) is 0.857. The number of para-hydroxylation sites is 1. The van der Waals surface area contributed by atoms with Crippen LogP contribution in [0.2, 0.25) is 0 Å². The molecule has 1 aromatic carbocycles. The summed E-state index contributed by atoms with van der Waals surface area (Å²) in [5, 5.41) is 7.14. The van der Waals surface area contributed by atoms with Crippen LogP contribution in [0.5, 0.6) is 0 Å². The molecule has 0 radical (unpaired) electrons. The fraction of sp³-hybridized carbons (Fsp3) is 0.375. The fourth-order valence-electron chi connectivity index (χ4n) is 2.11. The smallest absolute Gasteiger partial charge is 0.237 e. The third-order valence-corrected chi connectivity index (χ3v) is 3.76. The van der Waals surface area contributed by atoms with Gasteiger partial charge in [0.2, 0.25) is 5.91 Å². The Kier molecular flexibility index (Phi) is 7.08. The highest BCUT2D eigenvalue weighted by Crippen LogP contribution is 2.13. The van der Waals surface area contributed by atoms with Crippen LogP contribution in [0, 0.1) is 5.92 Å². The van der Waals surface area contributed by atoms with E-state index in [-0.39, 0.29) is 24.2 Å². The summed E-state index contributed by atoms with van der Waals surface area (Å²) in [6, 6.07) is 9.26. The summed E-state index contributed by atoms with van der Waals surface area (Å²) in [5.74, 6) is 0.0611. The molecule has 6 heteroatoms. The van der Waals surface area contributed by atoms with Crippen LogP contribution >= 0.6 is 12.4 Å². The molecule has 2 rings (SSSR count). The van der Waals surface area contributed by atoms with Gasteiger partial charge in [-0.05, 0) is 23.6 Å². The number of nitrogens with one attached hydrogen (secondary N) is 1. The molecule has 0 aliphatic rings. The maximum absolute atomic E-state index is 12.1. The molecule has 22 heavy (non-hydrogen) atoms. The normalized spacial score (nSPS) is 13.0. The van der Waals surface area contributed by atoms with Crippen LogP contribution in [0.15, 0.2) is 42.7 Å². The number of aromatic nitrogens is 2. The Morgan fingerprint density at radius 2 is 2.09 bits per heavy atom. The summed E-state index contributed by atoms with van der Waals surface area (Å²) in [6.07, 6.45) is 4.50. The monoisotopic (exact) mass is 322 g/mol. The van der Waals surface area contributed by atoms with E-state index in [0.717, 1.165) is 17.7 Å². The van der Waals surface area contributed by atoms with E-state index >= 15 is 0 Å². The molecule has 3 N–H and O–H groups in total. The van der Waals surface area contributed by atoms with E-state index in [4.69, 9.17) is 5.73 Å². The van der Waals surface area contributed by atoms with Crippen LogP contribution < -0.4 is 11.1 Å². The lowest BCUT2D eigenvalue weighted by Gasteiger charge is -2.18. The van der Waals surface area contributed by atoms with Crippen LogP contribution in [0.3, 0.4) is 0 Å². The van der Waals surface area contributed by atoms with Gasteiger partial charge in [-0.15, -0.1) is 12.4 Å². The van der Waals surface area contributed by atoms with E-state index in [0.29, 0.717) is 6.54 Å². The number of hydrogen-bond acceptors (Lipinski definition) is 3. The number of carbonyl (C=O) groups is 1. The Balaban J connectivity index is 0.00000242. The van der Waals surface area contributed by atoms with E-state index < -0.39 is 6.04 Å². The molecule has 0 saturated carbocycles. The highest BCUT2D eigenvalue weighted by Gasteiger charge is 2.19. The van der Waals surface area contributed by atoms with Gasteiger partial charge in [-0.2, -0.15) is 5.10 Å². The summed E-state index contributed by atoms with van der Waals surface area (Å²) in [7, 11) is 0. The maximum Gasteiger partial charge on any atom is 0.237 e. The van der Waals surface area contributed by atoms with E-state index in [2.05, 4.69) is 10.4 Å². The molecule has 0 spiro atoms. The van der Waals surface area contributed by atoms with Gasteiger partial charge in [0.1, 0.15) is 0 Å². The molecule has 2 aromatic rings. The van der Waals surface area contributed by atoms with Crippen LogP contribution in [-0.2, 0) is 11.3 Å². The molecule has 0 fully saturated rings. The zero-order valence-corrected chi connectivity index (χ0v) is 13.7. The molecule has 0 bridgehead atoms. The first kappa shape index (κ1) is 18.2. The second-order valence-electron chi connectivity index (χ2n) is 5.21. The molecule has 1 amide bonds. The van der Waals surface area contributed by atoms with Gasteiger partial charge in [-0.1, -0.05) is 38.5 Å². The zero-order chi connectivity index (χ0) is 15.2. The standard InChI is InChI=1S/C16H22N4O.ClH/c1-3-12(2)15(17)16(21)18-11-13-7-4-5-8-14(13)20-10-6-9-19-20;/h4-10,12,15H,3,11,17H2,1-2H3,(H,18,21);1H. The molecule has 120 valence electrons. The average molecular weight is 323 g/mol. The maximum atomic E-state index is 12.1. The van der Waals surface area contributed by atoms with E-state index in [1.54, 1.807) is 10.9 Å². The second-order valence-corrected chi connectivity index (χ2v) is 5.21. The molecule has 1 aromatic heterocycles. The first-order valence-electron chi connectivity index (χ1n) is 7.24. The molecule has 0 aliphatic carbocycles. The Hall–Kier alpha value is -1.85. The minimum Gasteiger partial charge on any atom is -0.351 e. The Morgan fingerprint density at radius 3 is 2.73 bits per heavy atom. The lowest BCUT2D eigenvalue weighted by molar-refractivity contribution is -0.123. The molecular formula is C16H23ClN4O. The Labute approximate surface area is 137 Å². The number of benzene rings is 1. The van der Waals surface area contributed by atoms with E-state index in [1.807, 2.05) is 50.4 Å². The predicted octanol–water partition coefficient (Wildman–Crippen LogP) is 2.28. The molecule has 0 saturated heterocycles. The largest absolute Gasteiger partial charge is 0.351 e. The van der Waals surface area contributed by atoms with Gasteiger partial charge in [0.05, 0.1) is 11.7 Å².